The van der Waals surface area contributed by atoms with E-state index in [0.717, 1.165) is 11.3 Å². The first kappa shape index (κ1) is 13.6. The number of rotatable bonds is 4. The molecular weight excluding hydrogens is 264 g/mol. The van der Waals surface area contributed by atoms with E-state index in [1.54, 1.807) is 12.1 Å². The number of amides is 1. The summed E-state index contributed by atoms with van der Waals surface area (Å²) < 4.78 is 5.68. The summed E-state index contributed by atoms with van der Waals surface area (Å²) in [6.07, 6.45) is 2.72. The average molecular weight is 282 g/mol. The molecule has 0 bridgehead atoms. The van der Waals surface area contributed by atoms with Gasteiger partial charge in [-0.25, -0.2) is 5.43 Å². The monoisotopic (exact) mass is 282 g/mol. The number of hydrogen-bond donors (Lipinski definition) is 1. The molecule has 4 nitrogen and oxygen atoms in total. The molecular formula is C17H18N2O2. The standard InChI is InChI=1S/C17H18N2O2/c1-11-3-5-13(6-4-11)17(20)19-18-10-14-7-8-16(21-14)15-9-12(15)2/h3-8,10,12,15H,9H2,1-2H3,(H,19,20)/b18-10-/t12-,15-/m0/s1. The van der Waals surface area contributed by atoms with Gasteiger partial charge in [-0.15, -0.1) is 0 Å². The molecule has 4 heteroatoms. The van der Waals surface area contributed by atoms with E-state index in [-0.39, 0.29) is 5.91 Å². The molecule has 1 aliphatic carbocycles. The Bertz CT molecular complexity index is 670. The number of furan rings is 1. The zero-order valence-corrected chi connectivity index (χ0v) is 12.2. The molecule has 1 saturated carbocycles. The molecule has 0 spiro atoms. The lowest BCUT2D eigenvalue weighted by molar-refractivity contribution is 0.0955. The summed E-state index contributed by atoms with van der Waals surface area (Å²) in [5.74, 6) is 2.70. The molecule has 1 aromatic carbocycles. The minimum Gasteiger partial charge on any atom is -0.460 e. The zero-order chi connectivity index (χ0) is 14.8. The van der Waals surface area contributed by atoms with Crippen LogP contribution in [0.25, 0.3) is 0 Å². The minimum atomic E-state index is -0.228. The Morgan fingerprint density at radius 2 is 2.00 bits per heavy atom. The molecule has 0 unspecified atom stereocenters. The van der Waals surface area contributed by atoms with Crippen LogP contribution in [0.5, 0.6) is 0 Å². The summed E-state index contributed by atoms with van der Waals surface area (Å²) in [6, 6.07) is 11.2. The lowest BCUT2D eigenvalue weighted by Gasteiger charge is -1.99. The van der Waals surface area contributed by atoms with Crippen molar-refractivity contribution in [1.82, 2.24) is 5.43 Å². The molecule has 21 heavy (non-hydrogen) atoms. The summed E-state index contributed by atoms with van der Waals surface area (Å²) in [6.45, 7) is 4.19. The molecule has 108 valence electrons. The van der Waals surface area contributed by atoms with Crippen molar-refractivity contribution in [1.29, 1.82) is 0 Å². The van der Waals surface area contributed by atoms with Crippen LogP contribution in [0.4, 0.5) is 0 Å². The summed E-state index contributed by atoms with van der Waals surface area (Å²) >= 11 is 0. The maximum Gasteiger partial charge on any atom is 0.271 e. The molecule has 0 aliphatic heterocycles. The molecule has 3 rings (SSSR count). The van der Waals surface area contributed by atoms with E-state index in [1.807, 2.05) is 31.2 Å². The second-order valence-electron chi connectivity index (χ2n) is 5.62. The van der Waals surface area contributed by atoms with Gasteiger partial charge in [0.05, 0.1) is 6.21 Å². The number of hydrazone groups is 1. The first-order valence-electron chi connectivity index (χ1n) is 7.13. The largest absolute Gasteiger partial charge is 0.460 e. The van der Waals surface area contributed by atoms with Crippen molar-refractivity contribution in [2.24, 2.45) is 11.0 Å². The maximum absolute atomic E-state index is 11.9. The van der Waals surface area contributed by atoms with E-state index in [9.17, 15) is 4.79 Å². The van der Waals surface area contributed by atoms with Gasteiger partial charge in [-0.05, 0) is 43.5 Å². The quantitative estimate of drug-likeness (QED) is 0.689. The van der Waals surface area contributed by atoms with E-state index in [2.05, 4.69) is 17.5 Å². The highest BCUT2D eigenvalue weighted by molar-refractivity contribution is 5.94. The van der Waals surface area contributed by atoms with Crippen LogP contribution < -0.4 is 5.43 Å². The molecule has 0 saturated heterocycles. The highest BCUT2D eigenvalue weighted by Crippen LogP contribution is 2.47. The Labute approximate surface area is 123 Å². The van der Waals surface area contributed by atoms with Crippen molar-refractivity contribution in [3.63, 3.8) is 0 Å². The van der Waals surface area contributed by atoms with Gasteiger partial charge >= 0.3 is 0 Å². The van der Waals surface area contributed by atoms with Crippen LogP contribution in [-0.2, 0) is 0 Å². The SMILES string of the molecule is Cc1ccc(C(=O)N/N=C\c2ccc([C@H]3C[C@@H]3C)o2)cc1. The van der Waals surface area contributed by atoms with Crippen LogP contribution in [0, 0.1) is 12.8 Å². The van der Waals surface area contributed by atoms with Crippen molar-refractivity contribution < 1.29 is 9.21 Å². The molecule has 1 amide bonds. The Morgan fingerprint density at radius 1 is 1.29 bits per heavy atom. The van der Waals surface area contributed by atoms with Gasteiger partial charge in [-0.1, -0.05) is 24.6 Å². The normalized spacial score (nSPS) is 20.7. The Balaban J connectivity index is 1.57. The van der Waals surface area contributed by atoms with Crippen LogP contribution in [0.2, 0.25) is 0 Å². The van der Waals surface area contributed by atoms with Gasteiger partial charge in [-0.3, -0.25) is 4.79 Å². The fourth-order valence-electron chi connectivity index (χ4n) is 2.28. The van der Waals surface area contributed by atoms with Crippen molar-refractivity contribution in [2.45, 2.75) is 26.2 Å². The molecule has 0 radical (unpaired) electrons. The molecule has 2 atom stereocenters. The van der Waals surface area contributed by atoms with Gasteiger partial charge < -0.3 is 4.42 Å². The summed E-state index contributed by atoms with van der Waals surface area (Å²) in [4.78, 5) is 11.9. The van der Waals surface area contributed by atoms with E-state index in [4.69, 9.17) is 4.42 Å². The van der Waals surface area contributed by atoms with Crippen molar-refractivity contribution >= 4 is 12.1 Å². The Kier molecular flexibility index (Phi) is 3.60. The van der Waals surface area contributed by atoms with Crippen LogP contribution >= 0.6 is 0 Å². The van der Waals surface area contributed by atoms with E-state index in [0.29, 0.717) is 23.2 Å². The fraction of sp³-hybridized carbons (Fsp3) is 0.294. The molecule has 1 aromatic heterocycles. The number of carbonyl (C=O) groups excluding carboxylic acids is 1. The topological polar surface area (TPSA) is 54.6 Å². The van der Waals surface area contributed by atoms with Gasteiger partial charge in [0.15, 0.2) is 0 Å². The van der Waals surface area contributed by atoms with Crippen LogP contribution in [0.3, 0.4) is 0 Å². The minimum absolute atomic E-state index is 0.228. The lowest BCUT2D eigenvalue weighted by atomic mass is 10.1. The van der Waals surface area contributed by atoms with E-state index in [1.165, 1.54) is 12.6 Å². The summed E-state index contributed by atoms with van der Waals surface area (Å²) in [5, 5.41) is 3.93. The molecule has 2 aromatic rings. The van der Waals surface area contributed by atoms with Gasteiger partial charge in [0.1, 0.15) is 11.5 Å². The number of nitrogens with zero attached hydrogens (tertiary/aromatic N) is 1. The maximum atomic E-state index is 11.9. The third kappa shape index (κ3) is 3.21. The first-order valence-corrected chi connectivity index (χ1v) is 7.13. The van der Waals surface area contributed by atoms with Crippen LogP contribution in [0.1, 0.15) is 46.7 Å². The molecule has 1 heterocycles. The van der Waals surface area contributed by atoms with Crippen molar-refractivity contribution in [3.05, 3.63) is 59.0 Å². The van der Waals surface area contributed by atoms with Crippen LogP contribution in [0.15, 0.2) is 45.9 Å². The Hall–Kier alpha value is -2.36. The number of aryl methyl sites for hydroxylation is 1. The predicted octanol–water partition coefficient (Wildman–Crippen LogP) is 3.48. The van der Waals surface area contributed by atoms with E-state index < -0.39 is 0 Å². The molecule has 1 N–H and O–H groups in total. The highest BCUT2D eigenvalue weighted by Gasteiger charge is 2.36. The third-order valence-electron chi connectivity index (χ3n) is 3.79. The molecule has 1 fully saturated rings. The first-order chi connectivity index (χ1) is 10.1. The van der Waals surface area contributed by atoms with Crippen LogP contribution in [-0.4, -0.2) is 12.1 Å². The number of hydrogen-bond acceptors (Lipinski definition) is 3. The molecule has 1 aliphatic rings. The second kappa shape index (κ2) is 5.56. The Morgan fingerprint density at radius 3 is 2.67 bits per heavy atom. The zero-order valence-electron chi connectivity index (χ0n) is 12.2. The van der Waals surface area contributed by atoms with Gasteiger partial charge in [0.25, 0.3) is 5.91 Å². The van der Waals surface area contributed by atoms with Gasteiger partial charge in [-0.2, -0.15) is 5.10 Å². The number of nitrogens with one attached hydrogen (secondary N) is 1. The lowest BCUT2D eigenvalue weighted by Crippen LogP contribution is -2.17. The highest BCUT2D eigenvalue weighted by atomic mass is 16.3. The number of benzene rings is 1. The third-order valence-corrected chi connectivity index (χ3v) is 3.79. The van der Waals surface area contributed by atoms with Crippen molar-refractivity contribution in [2.75, 3.05) is 0 Å². The fourth-order valence-corrected chi connectivity index (χ4v) is 2.28. The van der Waals surface area contributed by atoms with Gasteiger partial charge in [0, 0.05) is 11.5 Å². The average Bonchev–Trinajstić information content (AvgIpc) is 3.01. The van der Waals surface area contributed by atoms with E-state index >= 15 is 0 Å². The van der Waals surface area contributed by atoms with Gasteiger partial charge in [0.2, 0.25) is 0 Å². The summed E-state index contributed by atoms with van der Waals surface area (Å²) in [7, 11) is 0. The van der Waals surface area contributed by atoms with Crippen molar-refractivity contribution in [3.8, 4) is 0 Å². The second-order valence-corrected chi connectivity index (χ2v) is 5.62. The number of carbonyl (C=O) groups is 1. The smallest absolute Gasteiger partial charge is 0.271 e. The predicted molar refractivity (Wildman–Crippen MR) is 81.5 cm³/mol. The summed E-state index contributed by atoms with van der Waals surface area (Å²) in [5.41, 5.74) is 4.21.